The van der Waals surface area contributed by atoms with Gasteiger partial charge in [-0.25, -0.2) is 4.98 Å². The summed E-state index contributed by atoms with van der Waals surface area (Å²) in [5.41, 5.74) is 1.18. The molecule has 0 unspecified atom stereocenters. The molecular formula is C16H20N2O2. The molecule has 2 rings (SSSR count). The van der Waals surface area contributed by atoms with Crippen LogP contribution in [0.2, 0.25) is 0 Å². The first kappa shape index (κ1) is 14.5. The number of carbonyl (C=O) groups excluding carboxylic acids is 1. The largest absolute Gasteiger partial charge is 0.395 e. The van der Waals surface area contributed by atoms with Crippen molar-refractivity contribution < 1.29 is 9.90 Å². The second-order valence-corrected chi connectivity index (χ2v) is 5.05. The van der Waals surface area contributed by atoms with Gasteiger partial charge in [0.1, 0.15) is 5.69 Å². The molecule has 0 aromatic carbocycles. The summed E-state index contributed by atoms with van der Waals surface area (Å²) in [6.07, 6.45) is 7.04. The summed E-state index contributed by atoms with van der Waals surface area (Å²) in [5, 5.41) is 11.5. The monoisotopic (exact) mass is 272 g/mol. The number of nitrogens with one attached hydrogen (secondary N) is 1. The van der Waals surface area contributed by atoms with Crippen LogP contribution in [-0.2, 0) is 0 Å². The van der Waals surface area contributed by atoms with Crippen molar-refractivity contribution in [3.63, 3.8) is 0 Å². The normalized spacial score (nSPS) is 14.1. The van der Waals surface area contributed by atoms with Gasteiger partial charge in [0.15, 0.2) is 0 Å². The summed E-state index contributed by atoms with van der Waals surface area (Å²) in [4.78, 5) is 16.0. The number of carbonyl (C=O) groups is 1. The first-order valence-corrected chi connectivity index (χ1v) is 7.13. The lowest BCUT2D eigenvalue weighted by Crippen LogP contribution is -2.28. The third kappa shape index (κ3) is 4.36. The van der Waals surface area contributed by atoms with Gasteiger partial charge in [-0.2, -0.15) is 0 Å². The third-order valence-electron chi connectivity index (χ3n) is 3.53. The quantitative estimate of drug-likeness (QED) is 0.803. The first-order chi connectivity index (χ1) is 9.79. The van der Waals surface area contributed by atoms with Crippen molar-refractivity contribution in [2.75, 3.05) is 13.2 Å². The van der Waals surface area contributed by atoms with E-state index < -0.39 is 0 Å². The van der Waals surface area contributed by atoms with Gasteiger partial charge >= 0.3 is 0 Å². The maximum atomic E-state index is 11.9. The minimum Gasteiger partial charge on any atom is -0.395 e. The number of aliphatic hydroxyl groups excluding tert-OH is 1. The predicted molar refractivity (Wildman–Crippen MR) is 77.1 cm³/mol. The van der Waals surface area contributed by atoms with Crippen molar-refractivity contribution in [1.29, 1.82) is 0 Å². The van der Waals surface area contributed by atoms with Crippen molar-refractivity contribution in [1.82, 2.24) is 10.3 Å². The molecule has 0 atom stereocenters. The zero-order valence-electron chi connectivity index (χ0n) is 11.6. The molecule has 1 fully saturated rings. The van der Waals surface area contributed by atoms with Crippen LogP contribution >= 0.6 is 0 Å². The Labute approximate surface area is 119 Å². The molecule has 0 bridgehead atoms. The molecule has 1 aliphatic carbocycles. The lowest BCUT2D eigenvalue weighted by molar-refractivity contribution is 0.0944. The summed E-state index contributed by atoms with van der Waals surface area (Å²) in [6.45, 7) is 0.783. The third-order valence-corrected chi connectivity index (χ3v) is 3.53. The van der Waals surface area contributed by atoms with E-state index in [1.807, 2.05) is 0 Å². The molecule has 1 aliphatic rings. The molecular weight excluding hydrogens is 252 g/mol. The summed E-state index contributed by atoms with van der Waals surface area (Å²) in [7, 11) is 0. The summed E-state index contributed by atoms with van der Waals surface area (Å²) in [6, 6.07) is 3.46. The molecule has 1 amide bonds. The van der Waals surface area contributed by atoms with Crippen molar-refractivity contribution >= 4 is 5.91 Å². The minimum absolute atomic E-state index is 0.0575. The Morgan fingerprint density at radius 3 is 2.90 bits per heavy atom. The average molecular weight is 272 g/mol. The molecule has 0 radical (unpaired) electrons. The molecule has 4 heteroatoms. The highest BCUT2D eigenvalue weighted by molar-refractivity contribution is 5.92. The number of nitrogens with zero attached hydrogens (tertiary/aromatic N) is 1. The van der Waals surface area contributed by atoms with Crippen LogP contribution in [0.3, 0.4) is 0 Å². The number of aromatic nitrogens is 1. The van der Waals surface area contributed by atoms with Gasteiger partial charge in [-0.05, 0) is 24.5 Å². The van der Waals surface area contributed by atoms with Gasteiger partial charge in [0, 0.05) is 24.7 Å². The van der Waals surface area contributed by atoms with Crippen LogP contribution in [0.4, 0.5) is 0 Å². The van der Waals surface area contributed by atoms with Gasteiger partial charge in [-0.1, -0.05) is 31.1 Å². The summed E-state index contributed by atoms with van der Waals surface area (Å²) >= 11 is 0. The fourth-order valence-electron chi connectivity index (χ4n) is 2.08. The van der Waals surface area contributed by atoms with E-state index in [0.717, 1.165) is 24.4 Å². The molecule has 1 aromatic heterocycles. The molecule has 20 heavy (non-hydrogen) atoms. The zero-order chi connectivity index (χ0) is 14.2. The topological polar surface area (TPSA) is 62.2 Å². The van der Waals surface area contributed by atoms with E-state index in [1.165, 1.54) is 19.3 Å². The highest BCUT2D eigenvalue weighted by atomic mass is 16.2. The Hall–Kier alpha value is -1.86. The molecule has 0 aliphatic heterocycles. The molecule has 2 N–H and O–H groups in total. The van der Waals surface area contributed by atoms with Crippen LogP contribution in [-0.4, -0.2) is 29.1 Å². The van der Waals surface area contributed by atoms with Crippen LogP contribution in [0, 0.1) is 17.8 Å². The number of hydrogen-bond donors (Lipinski definition) is 2. The molecule has 0 spiro atoms. The van der Waals surface area contributed by atoms with E-state index in [1.54, 1.807) is 18.3 Å². The first-order valence-electron chi connectivity index (χ1n) is 7.13. The van der Waals surface area contributed by atoms with E-state index in [9.17, 15) is 4.79 Å². The maximum absolute atomic E-state index is 11.9. The van der Waals surface area contributed by atoms with Crippen molar-refractivity contribution in [3.8, 4) is 11.8 Å². The number of amides is 1. The van der Waals surface area contributed by atoms with Crippen LogP contribution in [0.5, 0.6) is 0 Å². The van der Waals surface area contributed by atoms with Crippen LogP contribution in [0.1, 0.15) is 48.2 Å². The molecule has 1 saturated carbocycles. The zero-order valence-corrected chi connectivity index (χ0v) is 11.6. The van der Waals surface area contributed by atoms with E-state index in [2.05, 4.69) is 22.1 Å². The number of aliphatic hydroxyl groups is 1. The lowest BCUT2D eigenvalue weighted by atomic mass is 9.83. The fraction of sp³-hybridized carbons (Fsp3) is 0.500. The SMILES string of the molecule is O=C(NCCC1CCC1)c1ccc(C#CCCO)cn1. The van der Waals surface area contributed by atoms with Crippen molar-refractivity contribution in [2.45, 2.75) is 32.1 Å². The number of rotatable bonds is 5. The molecule has 4 nitrogen and oxygen atoms in total. The smallest absolute Gasteiger partial charge is 0.269 e. The highest BCUT2D eigenvalue weighted by Gasteiger charge is 2.17. The minimum atomic E-state index is -0.126. The van der Waals surface area contributed by atoms with Gasteiger partial charge < -0.3 is 10.4 Å². The number of hydrogen-bond acceptors (Lipinski definition) is 3. The Morgan fingerprint density at radius 2 is 2.30 bits per heavy atom. The van der Waals surface area contributed by atoms with Gasteiger partial charge in [0.2, 0.25) is 0 Å². The Bertz CT molecular complexity index is 495. The molecule has 0 saturated heterocycles. The van der Waals surface area contributed by atoms with E-state index >= 15 is 0 Å². The van der Waals surface area contributed by atoms with Crippen LogP contribution in [0.25, 0.3) is 0 Å². The lowest BCUT2D eigenvalue weighted by Gasteiger charge is -2.25. The second-order valence-electron chi connectivity index (χ2n) is 5.05. The standard InChI is InChI=1S/C16H20N2O2/c19-11-2-1-4-14-7-8-15(18-12-14)16(20)17-10-9-13-5-3-6-13/h7-8,12-13,19H,2-3,5-6,9-11H2,(H,17,20). The highest BCUT2D eigenvalue weighted by Crippen LogP contribution is 2.28. The maximum Gasteiger partial charge on any atom is 0.269 e. The second kappa shape index (κ2) is 7.66. The molecule has 1 aromatic rings. The van der Waals surface area contributed by atoms with E-state index in [-0.39, 0.29) is 12.5 Å². The summed E-state index contributed by atoms with van der Waals surface area (Å²) in [5.74, 6) is 6.37. The Morgan fingerprint density at radius 1 is 1.45 bits per heavy atom. The number of pyridine rings is 1. The van der Waals surface area contributed by atoms with Gasteiger partial charge in [0.05, 0.1) is 6.61 Å². The predicted octanol–water partition coefficient (Wildman–Crippen LogP) is 1.74. The molecule has 1 heterocycles. The van der Waals surface area contributed by atoms with E-state index in [4.69, 9.17) is 5.11 Å². The van der Waals surface area contributed by atoms with Gasteiger partial charge in [0.25, 0.3) is 5.91 Å². The Kier molecular flexibility index (Phi) is 5.57. The van der Waals surface area contributed by atoms with Crippen molar-refractivity contribution in [2.24, 2.45) is 5.92 Å². The molecule has 106 valence electrons. The van der Waals surface area contributed by atoms with E-state index in [0.29, 0.717) is 12.1 Å². The Balaban J connectivity index is 1.79. The van der Waals surface area contributed by atoms with Gasteiger partial charge in [-0.3, -0.25) is 4.79 Å². The van der Waals surface area contributed by atoms with Crippen molar-refractivity contribution in [3.05, 3.63) is 29.6 Å². The summed E-state index contributed by atoms with van der Waals surface area (Å²) < 4.78 is 0. The van der Waals surface area contributed by atoms with Gasteiger partial charge in [-0.15, -0.1) is 0 Å². The van der Waals surface area contributed by atoms with Crippen LogP contribution in [0.15, 0.2) is 18.3 Å². The fourth-order valence-corrected chi connectivity index (χ4v) is 2.08. The van der Waals surface area contributed by atoms with Crippen LogP contribution < -0.4 is 5.32 Å². The average Bonchev–Trinajstić information content (AvgIpc) is 2.42.